The summed E-state index contributed by atoms with van der Waals surface area (Å²) >= 11 is 5.97. The second-order valence-electron chi connectivity index (χ2n) is 6.29. The third kappa shape index (κ3) is 4.75. The van der Waals surface area contributed by atoms with E-state index in [0.717, 1.165) is 18.7 Å². The Morgan fingerprint density at radius 2 is 1.64 bits per heavy atom. The Bertz CT molecular complexity index is 800. The van der Waals surface area contributed by atoms with Gasteiger partial charge in [0.05, 0.1) is 5.02 Å². The summed E-state index contributed by atoms with van der Waals surface area (Å²) in [6.45, 7) is 2.59. The molecular weight excluding hydrogens is 356 g/mol. The van der Waals surface area contributed by atoms with Crippen LogP contribution in [0.2, 0.25) is 5.02 Å². The minimum absolute atomic E-state index is 0.122. The number of nitrogens with zero attached hydrogens (tertiary/aromatic N) is 1. The zero-order valence-electron chi connectivity index (χ0n) is 14.1. The molecule has 134 valence electrons. The summed E-state index contributed by atoms with van der Waals surface area (Å²) in [5.74, 6) is 0. The SMILES string of the molecule is O=S(=O)(NCCc1ccc(N2CCCCC2)cc1)c1ccccc1Cl. The van der Waals surface area contributed by atoms with Crippen molar-refractivity contribution in [3.63, 3.8) is 0 Å². The van der Waals surface area contributed by atoms with Crippen LogP contribution in [0.25, 0.3) is 0 Å². The molecule has 25 heavy (non-hydrogen) atoms. The van der Waals surface area contributed by atoms with E-state index in [1.807, 2.05) is 0 Å². The lowest BCUT2D eigenvalue weighted by Crippen LogP contribution is -2.29. The largest absolute Gasteiger partial charge is 0.372 e. The van der Waals surface area contributed by atoms with Gasteiger partial charge in [-0.2, -0.15) is 0 Å². The first kappa shape index (κ1) is 18.2. The molecule has 1 fully saturated rings. The van der Waals surface area contributed by atoms with E-state index >= 15 is 0 Å². The zero-order chi connectivity index (χ0) is 17.7. The van der Waals surface area contributed by atoms with Gasteiger partial charge in [-0.15, -0.1) is 0 Å². The van der Waals surface area contributed by atoms with Gasteiger partial charge >= 0.3 is 0 Å². The Morgan fingerprint density at radius 3 is 2.32 bits per heavy atom. The number of hydrogen-bond acceptors (Lipinski definition) is 3. The zero-order valence-corrected chi connectivity index (χ0v) is 15.7. The summed E-state index contributed by atoms with van der Waals surface area (Å²) < 4.78 is 27.2. The summed E-state index contributed by atoms with van der Waals surface area (Å²) in [5, 5.41) is 0.237. The molecule has 2 aromatic carbocycles. The maximum Gasteiger partial charge on any atom is 0.242 e. The molecule has 1 heterocycles. The van der Waals surface area contributed by atoms with Crippen LogP contribution in [0.1, 0.15) is 24.8 Å². The molecule has 1 N–H and O–H groups in total. The molecule has 4 nitrogen and oxygen atoms in total. The first-order chi connectivity index (χ1) is 12.1. The fraction of sp³-hybridized carbons (Fsp3) is 0.368. The van der Waals surface area contributed by atoms with Gasteiger partial charge in [0.15, 0.2) is 0 Å². The standard InChI is InChI=1S/C19H23ClN2O2S/c20-18-6-2-3-7-19(18)25(23,24)21-13-12-16-8-10-17(11-9-16)22-14-4-1-5-15-22/h2-3,6-11,21H,1,4-5,12-15H2. The average molecular weight is 379 g/mol. The molecule has 0 bridgehead atoms. The molecule has 2 aromatic rings. The van der Waals surface area contributed by atoms with Gasteiger partial charge in [-0.3, -0.25) is 0 Å². The van der Waals surface area contributed by atoms with Crippen LogP contribution in [-0.2, 0) is 16.4 Å². The molecular formula is C19H23ClN2O2S. The number of benzene rings is 2. The lowest BCUT2D eigenvalue weighted by Gasteiger charge is -2.28. The Kier molecular flexibility index (Phi) is 5.99. The van der Waals surface area contributed by atoms with Gasteiger partial charge in [0.1, 0.15) is 4.90 Å². The van der Waals surface area contributed by atoms with Crippen LogP contribution in [-0.4, -0.2) is 28.1 Å². The van der Waals surface area contributed by atoms with E-state index in [4.69, 9.17) is 11.6 Å². The van der Waals surface area contributed by atoms with Gasteiger partial charge in [0.25, 0.3) is 0 Å². The summed E-state index contributed by atoms with van der Waals surface area (Å²) in [4.78, 5) is 2.53. The maximum atomic E-state index is 12.3. The lowest BCUT2D eigenvalue weighted by molar-refractivity contribution is 0.577. The Balaban J connectivity index is 1.56. The predicted molar refractivity (Wildman–Crippen MR) is 103 cm³/mol. The fourth-order valence-electron chi connectivity index (χ4n) is 3.10. The lowest BCUT2D eigenvalue weighted by atomic mass is 10.1. The van der Waals surface area contributed by atoms with Gasteiger partial charge in [0.2, 0.25) is 10.0 Å². The van der Waals surface area contributed by atoms with Crippen molar-refractivity contribution in [1.82, 2.24) is 4.72 Å². The summed E-state index contributed by atoms with van der Waals surface area (Å²) in [7, 11) is -3.58. The number of anilines is 1. The number of sulfonamides is 1. The Hall–Kier alpha value is -1.56. The van der Waals surface area contributed by atoms with Crippen molar-refractivity contribution in [3.8, 4) is 0 Å². The first-order valence-corrected chi connectivity index (χ1v) is 10.5. The molecule has 0 amide bonds. The molecule has 0 unspecified atom stereocenters. The predicted octanol–water partition coefficient (Wildman–Crippen LogP) is 3.85. The van der Waals surface area contributed by atoms with Crippen LogP contribution in [0, 0.1) is 0 Å². The van der Waals surface area contributed by atoms with E-state index in [1.165, 1.54) is 31.0 Å². The third-order valence-corrected chi connectivity index (χ3v) is 6.45. The van der Waals surface area contributed by atoms with Crippen molar-refractivity contribution in [3.05, 3.63) is 59.1 Å². The number of hydrogen-bond donors (Lipinski definition) is 1. The molecule has 0 aliphatic carbocycles. The van der Waals surface area contributed by atoms with Crippen molar-refractivity contribution >= 4 is 27.3 Å². The van der Waals surface area contributed by atoms with E-state index in [1.54, 1.807) is 18.2 Å². The highest BCUT2D eigenvalue weighted by molar-refractivity contribution is 7.89. The van der Waals surface area contributed by atoms with Crippen LogP contribution in [0.4, 0.5) is 5.69 Å². The highest BCUT2D eigenvalue weighted by Gasteiger charge is 2.16. The highest BCUT2D eigenvalue weighted by Crippen LogP contribution is 2.21. The van der Waals surface area contributed by atoms with Gasteiger partial charge in [-0.1, -0.05) is 35.9 Å². The maximum absolute atomic E-state index is 12.3. The van der Waals surface area contributed by atoms with Gasteiger partial charge in [-0.05, 0) is 55.5 Å². The Morgan fingerprint density at radius 1 is 0.960 bits per heavy atom. The number of rotatable bonds is 6. The van der Waals surface area contributed by atoms with Crippen LogP contribution in [0.5, 0.6) is 0 Å². The summed E-state index contributed by atoms with van der Waals surface area (Å²) in [6.07, 6.45) is 4.47. The van der Waals surface area contributed by atoms with E-state index in [-0.39, 0.29) is 9.92 Å². The smallest absolute Gasteiger partial charge is 0.242 e. The quantitative estimate of drug-likeness (QED) is 0.830. The van der Waals surface area contributed by atoms with E-state index < -0.39 is 10.0 Å². The van der Waals surface area contributed by atoms with Crippen molar-refractivity contribution in [2.45, 2.75) is 30.6 Å². The van der Waals surface area contributed by atoms with Crippen molar-refractivity contribution in [1.29, 1.82) is 0 Å². The minimum Gasteiger partial charge on any atom is -0.372 e. The van der Waals surface area contributed by atoms with Gasteiger partial charge in [0, 0.05) is 25.3 Å². The highest BCUT2D eigenvalue weighted by atomic mass is 35.5. The van der Waals surface area contributed by atoms with Crippen LogP contribution in [0.15, 0.2) is 53.4 Å². The van der Waals surface area contributed by atoms with Crippen LogP contribution < -0.4 is 9.62 Å². The number of nitrogens with one attached hydrogen (secondary N) is 1. The molecule has 6 heteroatoms. The van der Waals surface area contributed by atoms with Crippen LogP contribution >= 0.6 is 11.6 Å². The molecule has 0 saturated carbocycles. The summed E-state index contributed by atoms with van der Waals surface area (Å²) in [5.41, 5.74) is 2.36. The minimum atomic E-state index is -3.58. The number of halogens is 1. The molecule has 1 aliphatic rings. The van der Waals surface area contributed by atoms with Crippen LogP contribution in [0.3, 0.4) is 0 Å². The normalized spacial score (nSPS) is 15.3. The van der Waals surface area contributed by atoms with Gasteiger partial charge < -0.3 is 4.90 Å². The Labute approximate surface area is 154 Å². The molecule has 1 aliphatic heterocycles. The molecule has 3 rings (SSSR count). The fourth-order valence-corrected chi connectivity index (χ4v) is 4.64. The van der Waals surface area contributed by atoms with E-state index in [0.29, 0.717) is 13.0 Å². The average Bonchev–Trinajstić information content (AvgIpc) is 2.63. The third-order valence-electron chi connectivity index (χ3n) is 4.49. The molecule has 0 spiro atoms. The van der Waals surface area contributed by atoms with Gasteiger partial charge in [-0.25, -0.2) is 13.1 Å². The van der Waals surface area contributed by atoms with Crippen molar-refractivity contribution < 1.29 is 8.42 Å². The monoisotopic (exact) mass is 378 g/mol. The van der Waals surface area contributed by atoms with E-state index in [9.17, 15) is 8.42 Å². The molecule has 1 saturated heterocycles. The van der Waals surface area contributed by atoms with Crippen molar-refractivity contribution in [2.24, 2.45) is 0 Å². The second kappa shape index (κ2) is 8.21. The van der Waals surface area contributed by atoms with Crippen molar-refractivity contribution in [2.75, 3.05) is 24.5 Å². The summed E-state index contributed by atoms with van der Waals surface area (Å²) in [6, 6.07) is 14.9. The molecule has 0 atom stereocenters. The first-order valence-electron chi connectivity index (χ1n) is 8.64. The number of piperidine rings is 1. The van der Waals surface area contributed by atoms with E-state index in [2.05, 4.69) is 33.9 Å². The molecule has 0 aromatic heterocycles. The molecule has 0 radical (unpaired) electrons. The topological polar surface area (TPSA) is 49.4 Å². The second-order valence-corrected chi connectivity index (χ2v) is 8.43.